The van der Waals surface area contributed by atoms with Gasteiger partial charge in [-0.2, -0.15) is 0 Å². The summed E-state index contributed by atoms with van der Waals surface area (Å²) < 4.78 is 13.1. The third-order valence-corrected chi connectivity index (χ3v) is 4.83. The Morgan fingerprint density at radius 3 is 2.32 bits per heavy atom. The lowest BCUT2D eigenvalue weighted by Crippen LogP contribution is -2.47. The minimum atomic E-state index is -0.230. The zero-order chi connectivity index (χ0) is 19.5. The first-order valence-electron chi connectivity index (χ1n) is 8.84. The van der Waals surface area contributed by atoms with E-state index < -0.39 is 0 Å². The number of piperazine rings is 1. The molecule has 0 unspecified atom stereocenters. The topological polar surface area (TPSA) is 83.2 Å². The molecule has 9 heteroatoms. The van der Waals surface area contributed by atoms with Crippen LogP contribution in [0.2, 0.25) is 5.02 Å². The molecule has 28 heavy (non-hydrogen) atoms. The number of nitrogen functional groups attached to an aromatic ring is 1. The molecule has 0 spiro atoms. The number of nitrogens with two attached hydrogens (primary N) is 1. The van der Waals surface area contributed by atoms with Crippen molar-refractivity contribution in [3.8, 4) is 0 Å². The Bertz CT molecular complexity index is 942. The monoisotopic (exact) mass is 399 g/mol. The van der Waals surface area contributed by atoms with Gasteiger partial charge in [0.15, 0.2) is 11.6 Å². The van der Waals surface area contributed by atoms with Crippen molar-refractivity contribution in [3.63, 3.8) is 0 Å². The number of anilines is 5. The third-order valence-electron chi connectivity index (χ3n) is 4.61. The Kier molecular flexibility index (Phi) is 5.12. The van der Waals surface area contributed by atoms with Crippen LogP contribution < -0.4 is 20.9 Å². The van der Waals surface area contributed by atoms with Crippen molar-refractivity contribution in [1.29, 1.82) is 0 Å². The Balaban J connectivity index is 1.46. The molecule has 0 aliphatic carbocycles. The Morgan fingerprint density at radius 2 is 1.64 bits per heavy atom. The number of nitrogens with one attached hydrogen (secondary N) is 1. The van der Waals surface area contributed by atoms with Gasteiger partial charge in [-0.05, 0) is 36.4 Å². The number of rotatable bonds is 4. The fourth-order valence-electron chi connectivity index (χ4n) is 3.14. The van der Waals surface area contributed by atoms with E-state index >= 15 is 0 Å². The number of halogens is 2. The highest BCUT2D eigenvalue weighted by molar-refractivity contribution is 6.30. The van der Waals surface area contributed by atoms with Gasteiger partial charge >= 0.3 is 0 Å². The number of aromatic nitrogens is 3. The zero-order valence-corrected chi connectivity index (χ0v) is 15.8. The van der Waals surface area contributed by atoms with Crippen LogP contribution >= 0.6 is 11.6 Å². The first-order valence-corrected chi connectivity index (χ1v) is 9.22. The van der Waals surface area contributed by atoms with E-state index in [0.717, 1.165) is 31.9 Å². The molecule has 3 aromatic rings. The summed E-state index contributed by atoms with van der Waals surface area (Å²) in [6.07, 6.45) is 3.03. The molecule has 1 fully saturated rings. The number of nitrogens with zero attached hydrogens (tertiary/aromatic N) is 5. The van der Waals surface area contributed by atoms with E-state index in [1.807, 2.05) is 0 Å². The minimum absolute atomic E-state index is 0.230. The lowest BCUT2D eigenvalue weighted by Gasteiger charge is -2.37. The van der Waals surface area contributed by atoms with Crippen molar-refractivity contribution in [2.24, 2.45) is 0 Å². The summed E-state index contributed by atoms with van der Waals surface area (Å²) in [5, 5.41) is 3.66. The molecule has 144 valence electrons. The van der Waals surface area contributed by atoms with E-state index in [1.54, 1.807) is 30.5 Å². The van der Waals surface area contributed by atoms with E-state index in [9.17, 15) is 4.39 Å². The maximum Gasteiger partial charge on any atom is 0.160 e. The van der Waals surface area contributed by atoms with E-state index in [1.165, 1.54) is 18.5 Å². The van der Waals surface area contributed by atoms with Crippen LogP contribution in [0.5, 0.6) is 0 Å². The molecular formula is C19H19ClFN7. The molecule has 1 aliphatic rings. The molecule has 2 aromatic heterocycles. The fraction of sp³-hybridized carbons (Fsp3) is 0.211. The average molecular weight is 400 g/mol. The van der Waals surface area contributed by atoms with Crippen LogP contribution in [0.3, 0.4) is 0 Å². The predicted octanol–water partition coefficient (Wildman–Crippen LogP) is 3.32. The van der Waals surface area contributed by atoms with Crippen LogP contribution in [0.4, 0.5) is 33.2 Å². The van der Waals surface area contributed by atoms with Gasteiger partial charge in [0, 0.05) is 38.1 Å². The molecule has 1 saturated heterocycles. The molecule has 0 radical (unpaired) electrons. The molecule has 0 atom stereocenters. The van der Waals surface area contributed by atoms with Gasteiger partial charge in [0.05, 0.1) is 5.02 Å². The second-order valence-electron chi connectivity index (χ2n) is 6.40. The molecule has 1 aromatic carbocycles. The van der Waals surface area contributed by atoms with Crippen molar-refractivity contribution in [1.82, 2.24) is 15.0 Å². The van der Waals surface area contributed by atoms with Crippen LogP contribution in [0.15, 0.2) is 48.9 Å². The van der Waals surface area contributed by atoms with Crippen LogP contribution in [0.1, 0.15) is 0 Å². The largest absolute Gasteiger partial charge is 0.393 e. The minimum Gasteiger partial charge on any atom is -0.393 e. The van der Waals surface area contributed by atoms with E-state index in [4.69, 9.17) is 17.3 Å². The Hall–Kier alpha value is -3.13. The van der Waals surface area contributed by atoms with Gasteiger partial charge in [0.2, 0.25) is 0 Å². The van der Waals surface area contributed by atoms with E-state index in [-0.39, 0.29) is 5.82 Å². The first kappa shape index (κ1) is 18.2. The second kappa shape index (κ2) is 7.85. The van der Waals surface area contributed by atoms with E-state index in [0.29, 0.717) is 28.2 Å². The maximum atomic E-state index is 13.1. The highest BCUT2D eigenvalue weighted by Crippen LogP contribution is 2.29. The quantitative estimate of drug-likeness (QED) is 0.696. The van der Waals surface area contributed by atoms with E-state index in [2.05, 4.69) is 30.1 Å². The van der Waals surface area contributed by atoms with Crippen LogP contribution in [0, 0.1) is 5.82 Å². The molecular weight excluding hydrogens is 381 g/mol. The summed E-state index contributed by atoms with van der Waals surface area (Å²) in [5.74, 6) is 1.55. The van der Waals surface area contributed by atoms with Crippen molar-refractivity contribution in [2.45, 2.75) is 0 Å². The summed E-state index contributed by atoms with van der Waals surface area (Å²) in [6.45, 7) is 3.07. The highest BCUT2D eigenvalue weighted by atomic mass is 35.5. The second-order valence-corrected chi connectivity index (χ2v) is 6.83. The summed E-state index contributed by atoms with van der Waals surface area (Å²) in [7, 11) is 0. The van der Waals surface area contributed by atoms with Gasteiger partial charge < -0.3 is 20.9 Å². The number of pyridine rings is 1. The summed E-state index contributed by atoms with van der Waals surface area (Å²) >= 11 is 5.87. The van der Waals surface area contributed by atoms with Crippen LogP contribution in [0.25, 0.3) is 0 Å². The first-order chi connectivity index (χ1) is 13.6. The molecule has 0 saturated carbocycles. The highest BCUT2D eigenvalue weighted by Gasteiger charge is 2.21. The SMILES string of the molecule is Nc1c(Nc2ccc(Cl)cn2)ncnc1N1CCN(c2ccc(F)cc2)CC1. The molecule has 3 heterocycles. The zero-order valence-electron chi connectivity index (χ0n) is 15.0. The van der Waals surface area contributed by atoms with Crippen LogP contribution in [-0.4, -0.2) is 41.1 Å². The summed E-state index contributed by atoms with van der Waals surface area (Å²) in [6, 6.07) is 10.0. The predicted molar refractivity (Wildman–Crippen MR) is 110 cm³/mol. The Labute approximate surface area is 167 Å². The van der Waals surface area contributed by atoms with Gasteiger partial charge in [0.1, 0.15) is 23.6 Å². The molecule has 1 aliphatic heterocycles. The number of benzene rings is 1. The standard InChI is InChI=1S/C19H19ClFN7/c20-13-1-6-16(23-11-13)26-18-17(22)19(25-12-24-18)28-9-7-27(8-10-28)15-4-2-14(21)3-5-15/h1-6,11-12H,7-10,22H2,(H,23,24,25,26). The molecule has 0 bridgehead atoms. The fourth-order valence-corrected chi connectivity index (χ4v) is 3.25. The third kappa shape index (κ3) is 3.91. The van der Waals surface area contributed by atoms with Crippen molar-refractivity contribution < 1.29 is 4.39 Å². The van der Waals surface area contributed by atoms with Gasteiger partial charge in [-0.3, -0.25) is 0 Å². The average Bonchev–Trinajstić information content (AvgIpc) is 2.72. The number of hydrogen-bond donors (Lipinski definition) is 2. The molecule has 3 N–H and O–H groups in total. The smallest absolute Gasteiger partial charge is 0.160 e. The van der Waals surface area contributed by atoms with Crippen molar-refractivity contribution in [2.75, 3.05) is 47.0 Å². The normalized spacial score (nSPS) is 14.2. The van der Waals surface area contributed by atoms with Crippen LogP contribution in [-0.2, 0) is 0 Å². The van der Waals surface area contributed by atoms with Gasteiger partial charge in [-0.1, -0.05) is 11.6 Å². The maximum absolute atomic E-state index is 13.1. The van der Waals surface area contributed by atoms with Gasteiger partial charge in [-0.25, -0.2) is 19.3 Å². The van der Waals surface area contributed by atoms with Gasteiger partial charge in [-0.15, -0.1) is 0 Å². The summed E-state index contributed by atoms with van der Waals surface area (Å²) in [4.78, 5) is 17.1. The van der Waals surface area contributed by atoms with Crippen molar-refractivity contribution in [3.05, 3.63) is 59.8 Å². The van der Waals surface area contributed by atoms with Gasteiger partial charge in [0.25, 0.3) is 0 Å². The lowest BCUT2D eigenvalue weighted by molar-refractivity contribution is 0.624. The molecule has 7 nitrogen and oxygen atoms in total. The number of hydrogen-bond acceptors (Lipinski definition) is 7. The molecule has 4 rings (SSSR count). The Morgan fingerprint density at radius 1 is 0.929 bits per heavy atom. The lowest BCUT2D eigenvalue weighted by atomic mass is 10.2. The summed E-state index contributed by atoms with van der Waals surface area (Å²) in [5.41, 5.74) is 7.79. The molecule has 0 amide bonds. The van der Waals surface area contributed by atoms with Crippen molar-refractivity contribution >= 4 is 40.4 Å².